The molecule has 1 N–H and O–H groups in total. The molecule has 1 aliphatic heterocycles. The summed E-state index contributed by atoms with van der Waals surface area (Å²) in [6, 6.07) is 25.4. The minimum atomic E-state index is -3.78. The first-order chi connectivity index (χ1) is 16.4. The largest absolute Gasteiger partial charge is 0.340 e. The van der Waals surface area contributed by atoms with Gasteiger partial charge in [0.2, 0.25) is 15.9 Å². The van der Waals surface area contributed by atoms with Gasteiger partial charge < -0.3 is 4.90 Å². The Hall–Kier alpha value is -3.07. The van der Waals surface area contributed by atoms with Gasteiger partial charge in [-0.05, 0) is 35.4 Å². The minimum Gasteiger partial charge on any atom is -0.340 e. The normalized spacial score (nSPS) is 14.9. The van der Waals surface area contributed by atoms with E-state index >= 15 is 0 Å². The monoisotopic (exact) mass is 481 g/mol. The zero-order chi connectivity index (χ0) is 24.0. The molecule has 178 valence electrons. The highest BCUT2D eigenvalue weighted by Gasteiger charge is 2.28. The quantitative estimate of drug-likeness (QED) is 0.535. The maximum atomic E-state index is 13.0. The fourth-order valence-electron chi connectivity index (χ4n) is 4.26. The van der Waals surface area contributed by atoms with E-state index in [1.54, 1.807) is 4.90 Å². The predicted molar refractivity (Wildman–Crippen MR) is 129 cm³/mol. The molecule has 0 radical (unpaired) electrons. The molecule has 3 aromatic rings. The van der Waals surface area contributed by atoms with Gasteiger partial charge in [0.15, 0.2) is 0 Å². The predicted octanol–water partition coefficient (Wildman–Crippen LogP) is 3.43. The minimum absolute atomic E-state index is 0.00455. The number of rotatable bonds is 8. The molecule has 6 nitrogen and oxygen atoms in total. The van der Waals surface area contributed by atoms with E-state index in [2.05, 4.69) is 33.9 Å². The lowest BCUT2D eigenvalue weighted by Crippen LogP contribution is -2.50. The third kappa shape index (κ3) is 5.88. The number of hydrogen-bond donors (Lipinski definition) is 1. The van der Waals surface area contributed by atoms with Gasteiger partial charge in [-0.15, -0.1) is 0 Å². The van der Waals surface area contributed by atoms with Crippen LogP contribution in [0.25, 0.3) is 0 Å². The maximum absolute atomic E-state index is 13.0. The van der Waals surface area contributed by atoms with Gasteiger partial charge in [-0.25, -0.2) is 17.5 Å². The highest BCUT2D eigenvalue weighted by atomic mass is 32.2. The van der Waals surface area contributed by atoms with Crippen molar-refractivity contribution < 1.29 is 17.6 Å². The summed E-state index contributed by atoms with van der Waals surface area (Å²) in [5, 5.41) is 0. The summed E-state index contributed by atoms with van der Waals surface area (Å²) in [6.07, 6.45) is 0.0707. The van der Waals surface area contributed by atoms with Gasteiger partial charge in [0.1, 0.15) is 5.82 Å². The number of benzene rings is 3. The van der Waals surface area contributed by atoms with Crippen molar-refractivity contribution in [1.29, 1.82) is 0 Å². The summed E-state index contributed by atoms with van der Waals surface area (Å²) in [5.74, 6) is -0.590. The molecule has 0 saturated carbocycles. The molecule has 0 atom stereocenters. The summed E-state index contributed by atoms with van der Waals surface area (Å²) in [6.45, 7) is 2.61. The van der Waals surface area contributed by atoms with Crippen molar-refractivity contribution in [3.8, 4) is 0 Å². The second kappa shape index (κ2) is 10.9. The fraction of sp³-hybridized carbons (Fsp3) is 0.269. The summed E-state index contributed by atoms with van der Waals surface area (Å²) in [7, 11) is -3.78. The number of carbonyl (C=O) groups excluding carboxylic acids is 1. The molecule has 1 aliphatic rings. The number of sulfonamides is 1. The molecule has 0 spiro atoms. The first-order valence-corrected chi connectivity index (χ1v) is 12.8. The van der Waals surface area contributed by atoms with Crippen LogP contribution in [0.5, 0.6) is 0 Å². The SMILES string of the molecule is O=C(CCNS(=O)(=O)c1ccc(F)cc1)N1CCN(C(c2ccccc2)c2ccccc2)CC1. The van der Waals surface area contributed by atoms with Crippen LogP contribution < -0.4 is 4.72 Å². The van der Waals surface area contributed by atoms with Gasteiger partial charge in [0.05, 0.1) is 10.9 Å². The van der Waals surface area contributed by atoms with Gasteiger partial charge >= 0.3 is 0 Å². The molecular formula is C26H28FN3O3S. The standard InChI is InChI=1S/C26H28FN3O3S/c27-23-11-13-24(14-12-23)34(32,33)28-16-15-25(31)29-17-19-30(20-18-29)26(21-7-3-1-4-8-21)22-9-5-2-6-10-22/h1-14,26,28H,15-20H2. The second-order valence-corrected chi connectivity index (χ2v) is 10.0. The van der Waals surface area contributed by atoms with Crippen molar-refractivity contribution in [3.05, 3.63) is 102 Å². The van der Waals surface area contributed by atoms with E-state index in [1.165, 1.54) is 23.3 Å². The van der Waals surface area contributed by atoms with Crippen LogP contribution >= 0.6 is 0 Å². The summed E-state index contributed by atoms with van der Waals surface area (Å²) in [4.78, 5) is 16.8. The summed E-state index contributed by atoms with van der Waals surface area (Å²) >= 11 is 0. The second-order valence-electron chi connectivity index (χ2n) is 8.24. The molecular weight excluding hydrogens is 453 g/mol. The van der Waals surface area contributed by atoms with E-state index in [0.717, 1.165) is 25.2 Å². The van der Waals surface area contributed by atoms with Crippen molar-refractivity contribution in [2.45, 2.75) is 17.4 Å². The van der Waals surface area contributed by atoms with Gasteiger partial charge in [0, 0.05) is 39.1 Å². The van der Waals surface area contributed by atoms with Crippen molar-refractivity contribution >= 4 is 15.9 Å². The van der Waals surface area contributed by atoms with E-state index in [4.69, 9.17) is 0 Å². The molecule has 0 bridgehead atoms. The van der Waals surface area contributed by atoms with Crippen molar-refractivity contribution in [1.82, 2.24) is 14.5 Å². The number of nitrogens with zero attached hydrogens (tertiary/aromatic N) is 2. The van der Waals surface area contributed by atoms with Crippen LogP contribution in [0.2, 0.25) is 0 Å². The third-order valence-corrected chi connectivity index (χ3v) is 7.49. The van der Waals surface area contributed by atoms with E-state index in [-0.39, 0.29) is 29.8 Å². The van der Waals surface area contributed by atoms with Crippen molar-refractivity contribution in [3.63, 3.8) is 0 Å². The molecule has 1 saturated heterocycles. The summed E-state index contributed by atoms with van der Waals surface area (Å²) in [5.41, 5.74) is 2.42. The number of hydrogen-bond acceptors (Lipinski definition) is 4. The van der Waals surface area contributed by atoms with E-state index in [9.17, 15) is 17.6 Å². The van der Waals surface area contributed by atoms with Gasteiger partial charge in [-0.1, -0.05) is 60.7 Å². The maximum Gasteiger partial charge on any atom is 0.240 e. The van der Waals surface area contributed by atoms with Crippen LogP contribution in [-0.2, 0) is 14.8 Å². The first-order valence-electron chi connectivity index (χ1n) is 11.3. The lowest BCUT2D eigenvalue weighted by atomic mass is 9.96. The van der Waals surface area contributed by atoms with Gasteiger partial charge in [0.25, 0.3) is 0 Å². The molecule has 0 aliphatic carbocycles. The number of piperazine rings is 1. The van der Waals surface area contributed by atoms with Crippen LogP contribution in [-0.4, -0.2) is 56.8 Å². The van der Waals surface area contributed by atoms with Crippen LogP contribution in [0.1, 0.15) is 23.6 Å². The smallest absolute Gasteiger partial charge is 0.240 e. The molecule has 8 heteroatoms. The molecule has 1 fully saturated rings. The Balaban J connectivity index is 1.33. The fourth-order valence-corrected chi connectivity index (χ4v) is 5.29. The lowest BCUT2D eigenvalue weighted by Gasteiger charge is -2.40. The van der Waals surface area contributed by atoms with Crippen LogP contribution in [0.15, 0.2) is 89.8 Å². The summed E-state index contributed by atoms with van der Waals surface area (Å²) < 4.78 is 40.1. The average Bonchev–Trinajstić information content (AvgIpc) is 2.86. The highest BCUT2D eigenvalue weighted by Crippen LogP contribution is 2.29. The first kappa shape index (κ1) is 24.1. The Bertz CT molecular complexity index is 1140. The zero-order valence-electron chi connectivity index (χ0n) is 18.8. The Labute approximate surface area is 200 Å². The Morgan fingerprint density at radius 2 is 1.35 bits per heavy atom. The Morgan fingerprint density at radius 1 is 0.824 bits per heavy atom. The van der Waals surface area contributed by atoms with E-state index < -0.39 is 15.8 Å². The van der Waals surface area contributed by atoms with Gasteiger partial charge in [-0.3, -0.25) is 9.69 Å². The molecule has 0 unspecified atom stereocenters. The molecule has 0 aromatic heterocycles. The number of nitrogens with one attached hydrogen (secondary N) is 1. The van der Waals surface area contributed by atoms with Crippen LogP contribution in [0.3, 0.4) is 0 Å². The van der Waals surface area contributed by atoms with Crippen LogP contribution in [0, 0.1) is 5.82 Å². The van der Waals surface area contributed by atoms with E-state index in [1.807, 2.05) is 36.4 Å². The highest BCUT2D eigenvalue weighted by molar-refractivity contribution is 7.89. The number of halogens is 1. The van der Waals surface area contributed by atoms with E-state index in [0.29, 0.717) is 13.1 Å². The molecule has 3 aromatic carbocycles. The zero-order valence-corrected chi connectivity index (χ0v) is 19.6. The lowest BCUT2D eigenvalue weighted by molar-refractivity contribution is -0.133. The average molecular weight is 482 g/mol. The Kier molecular flexibility index (Phi) is 7.72. The molecule has 1 heterocycles. The van der Waals surface area contributed by atoms with Crippen molar-refractivity contribution in [2.75, 3.05) is 32.7 Å². The molecule has 4 rings (SSSR count). The van der Waals surface area contributed by atoms with Crippen molar-refractivity contribution in [2.24, 2.45) is 0 Å². The molecule has 1 amide bonds. The third-order valence-electron chi connectivity index (χ3n) is 6.02. The number of amides is 1. The van der Waals surface area contributed by atoms with Gasteiger partial charge in [-0.2, -0.15) is 0 Å². The topological polar surface area (TPSA) is 69.7 Å². The number of carbonyl (C=O) groups is 1. The van der Waals surface area contributed by atoms with Crippen LogP contribution in [0.4, 0.5) is 4.39 Å². The molecule has 34 heavy (non-hydrogen) atoms. The Morgan fingerprint density at radius 3 is 1.88 bits per heavy atom.